The molecule has 2 aromatic carbocycles. The van der Waals surface area contributed by atoms with Crippen LogP contribution < -0.4 is 10.2 Å². The summed E-state index contributed by atoms with van der Waals surface area (Å²) in [5.74, 6) is -4.60. The Balaban J connectivity index is 1.99. The molecular weight excluding hydrogens is 458 g/mol. The Morgan fingerprint density at radius 2 is 1.63 bits per heavy atom. The summed E-state index contributed by atoms with van der Waals surface area (Å²) in [7, 11) is 0. The number of hydrogen-bond acceptors (Lipinski definition) is 6. The predicted octanol–water partition coefficient (Wildman–Crippen LogP) is 4.43. The fraction of sp³-hybridized carbons (Fsp3) is 0.346. The lowest BCUT2D eigenvalue weighted by atomic mass is 10.1. The number of esters is 2. The molecule has 1 fully saturated rings. The van der Waals surface area contributed by atoms with Gasteiger partial charge >= 0.3 is 11.9 Å². The maximum absolute atomic E-state index is 14.9. The molecule has 1 saturated carbocycles. The van der Waals surface area contributed by atoms with Gasteiger partial charge in [-0.25, -0.2) is 18.4 Å². The maximum Gasteiger partial charge on any atom is 0.347 e. The lowest BCUT2D eigenvalue weighted by Crippen LogP contribution is -2.27. The second-order valence-electron chi connectivity index (χ2n) is 8.03. The Morgan fingerprint density at radius 3 is 2.17 bits per heavy atom. The van der Waals surface area contributed by atoms with Crippen LogP contribution in [-0.2, 0) is 30.3 Å². The topological polar surface area (TPSA) is 84.9 Å². The lowest BCUT2D eigenvalue weighted by Gasteiger charge is -2.25. The molecule has 0 heterocycles. The second kappa shape index (κ2) is 11.6. The third-order valence-electron chi connectivity index (χ3n) is 5.38. The third-order valence-corrected chi connectivity index (χ3v) is 5.38. The summed E-state index contributed by atoms with van der Waals surface area (Å²) in [6, 6.07) is 10.0. The highest BCUT2D eigenvalue weighted by molar-refractivity contribution is 6.14. The zero-order chi connectivity index (χ0) is 25.5. The summed E-state index contributed by atoms with van der Waals surface area (Å²) < 4.78 is 39.7. The number of amides is 1. The van der Waals surface area contributed by atoms with Crippen LogP contribution in [0.4, 0.5) is 20.2 Å². The van der Waals surface area contributed by atoms with Crippen molar-refractivity contribution in [2.45, 2.75) is 46.1 Å². The van der Waals surface area contributed by atoms with Crippen molar-refractivity contribution in [1.29, 1.82) is 0 Å². The van der Waals surface area contributed by atoms with Crippen LogP contribution in [0.5, 0.6) is 0 Å². The summed E-state index contributed by atoms with van der Waals surface area (Å²) in [6.07, 6.45) is 2.66. The molecule has 1 amide bonds. The van der Waals surface area contributed by atoms with Gasteiger partial charge in [0.1, 0.15) is 0 Å². The molecule has 186 valence electrons. The number of benzene rings is 2. The van der Waals surface area contributed by atoms with E-state index in [-0.39, 0.29) is 48.2 Å². The van der Waals surface area contributed by atoms with Crippen LogP contribution in [0.15, 0.2) is 48.2 Å². The van der Waals surface area contributed by atoms with Crippen LogP contribution in [0.1, 0.15) is 37.8 Å². The Hall–Kier alpha value is -3.75. The number of anilines is 2. The molecule has 3 rings (SSSR count). The second-order valence-corrected chi connectivity index (χ2v) is 8.03. The van der Waals surface area contributed by atoms with Gasteiger partial charge in [-0.1, -0.05) is 30.3 Å². The quantitative estimate of drug-likeness (QED) is 0.231. The van der Waals surface area contributed by atoms with Crippen LogP contribution in [0.2, 0.25) is 0 Å². The fourth-order valence-corrected chi connectivity index (χ4v) is 3.51. The van der Waals surface area contributed by atoms with E-state index in [0.29, 0.717) is 18.4 Å². The third kappa shape index (κ3) is 6.44. The van der Waals surface area contributed by atoms with Crippen LogP contribution in [0.3, 0.4) is 0 Å². The number of carbonyl (C=O) groups is 3. The Morgan fingerprint density at radius 1 is 1.03 bits per heavy atom. The molecule has 0 unspecified atom stereocenters. The van der Waals surface area contributed by atoms with E-state index >= 15 is 0 Å². The monoisotopic (exact) mass is 486 g/mol. The molecule has 1 aliphatic rings. The number of rotatable bonds is 10. The average molecular weight is 487 g/mol. The zero-order valence-electron chi connectivity index (χ0n) is 19.9. The summed E-state index contributed by atoms with van der Waals surface area (Å²) in [6.45, 7) is 4.68. The van der Waals surface area contributed by atoms with E-state index in [9.17, 15) is 23.2 Å². The van der Waals surface area contributed by atoms with Gasteiger partial charge in [0, 0.05) is 23.5 Å². The Kier molecular flexibility index (Phi) is 8.57. The van der Waals surface area contributed by atoms with Gasteiger partial charge in [0.05, 0.1) is 25.3 Å². The van der Waals surface area contributed by atoms with Crippen molar-refractivity contribution in [3.05, 3.63) is 70.9 Å². The normalized spacial score (nSPS) is 12.5. The van der Waals surface area contributed by atoms with Crippen molar-refractivity contribution >= 4 is 29.2 Å². The van der Waals surface area contributed by atoms with Gasteiger partial charge in [0.25, 0.3) is 0 Å². The molecule has 0 bridgehead atoms. The standard InChI is InChI=1S/C26H28F2N2O5/c1-4-34-25(32)19(26(33)35-5-2)15-30(18-11-12-18)21-14-20(24(28)23(27)16(21)3)29-22(31)13-17-9-7-6-8-10-17/h6-10,14-15,18H,4-5,11-13H2,1-3H3,(H,29,31). The minimum atomic E-state index is -1.19. The largest absolute Gasteiger partial charge is 0.462 e. The van der Waals surface area contributed by atoms with Crippen molar-refractivity contribution < 1.29 is 32.6 Å². The summed E-state index contributed by atoms with van der Waals surface area (Å²) in [5.41, 5.74) is 0.205. The van der Waals surface area contributed by atoms with E-state index < -0.39 is 29.5 Å². The molecule has 9 heteroatoms. The maximum atomic E-state index is 14.9. The first-order valence-electron chi connectivity index (χ1n) is 11.4. The molecule has 0 saturated heterocycles. The van der Waals surface area contributed by atoms with Gasteiger partial charge in [-0.3, -0.25) is 4.79 Å². The molecule has 0 atom stereocenters. The van der Waals surface area contributed by atoms with Crippen LogP contribution >= 0.6 is 0 Å². The van der Waals surface area contributed by atoms with Crippen molar-refractivity contribution in [2.24, 2.45) is 0 Å². The van der Waals surface area contributed by atoms with Gasteiger partial charge in [-0.2, -0.15) is 0 Å². The van der Waals surface area contributed by atoms with Gasteiger partial charge < -0.3 is 19.7 Å². The van der Waals surface area contributed by atoms with E-state index in [4.69, 9.17) is 9.47 Å². The molecule has 0 radical (unpaired) electrons. The smallest absolute Gasteiger partial charge is 0.347 e. The van der Waals surface area contributed by atoms with E-state index in [0.717, 1.165) is 0 Å². The van der Waals surface area contributed by atoms with Crippen molar-refractivity contribution in [2.75, 3.05) is 23.4 Å². The van der Waals surface area contributed by atoms with E-state index in [2.05, 4.69) is 5.32 Å². The van der Waals surface area contributed by atoms with E-state index in [1.165, 1.54) is 24.1 Å². The van der Waals surface area contributed by atoms with Gasteiger partial charge in [-0.05, 0) is 45.2 Å². The molecule has 7 nitrogen and oxygen atoms in total. The molecule has 0 aromatic heterocycles. The first-order chi connectivity index (χ1) is 16.8. The fourth-order valence-electron chi connectivity index (χ4n) is 3.51. The first-order valence-corrected chi connectivity index (χ1v) is 11.4. The molecule has 35 heavy (non-hydrogen) atoms. The van der Waals surface area contributed by atoms with Crippen molar-refractivity contribution in [1.82, 2.24) is 0 Å². The SMILES string of the molecule is CCOC(=O)C(=CN(c1cc(NC(=O)Cc2ccccc2)c(F)c(F)c1C)C1CC1)C(=O)OCC. The van der Waals surface area contributed by atoms with Crippen LogP contribution in [-0.4, -0.2) is 37.1 Å². The average Bonchev–Trinajstić information content (AvgIpc) is 3.67. The minimum absolute atomic E-state index is 0.0206. The highest BCUT2D eigenvalue weighted by Crippen LogP contribution is 2.38. The van der Waals surface area contributed by atoms with Gasteiger partial charge in [0.2, 0.25) is 5.91 Å². The van der Waals surface area contributed by atoms with Crippen LogP contribution in [0.25, 0.3) is 0 Å². The first kappa shape index (κ1) is 25.9. The number of carbonyl (C=O) groups excluding carboxylic acids is 3. The molecular formula is C26H28F2N2O5. The highest BCUT2D eigenvalue weighted by Gasteiger charge is 2.33. The Labute approximate surface area is 202 Å². The summed E-state index contributed by atoms with van der Waals surface area (Å²) >= 11 is 0. The molecule has 0 spiro atoms. The summed E-state index contributed by atoms with van der Waals surface area (Å²) in [4.78, 5) is 38.9. The molecule has 2 aromatic rings. The van der Waals surface area contributed by atoms with Crippen LogP contribution in [0, 0.1) is 18.6 Å². The van der Waals surface area contributed by atoms with Crippen molar-refractivity contribution in [3.8, 4) is 0 Å². The number of hydrogen-bond donors (Lipinski definition) is 1. The molecule has 0 aliphatic heterocycles. The van der Waals surface area contributed by atoms with E-state index in [1.807, 2.05) is 6.07 Å². The number of halogens is 2. The number of nitrogens with zero attached hydrogens (tertiary/aromatic N) is 1. The molecule has 1 N–H and O–H groups in total. The number of nitrogens with one attached hydrogen (secondary N) is 1. The van der Waals surface area contributed by atoms with Crippen molar-refractivity contribution in [3.63, 3.8) is 0 Å². The van der Waals surface area contributed by atoms with Gasteiger partial charge in [-0.15, -0.1) is 0 Å². The lowest BCUT2D eigenvalue weighted by molar-refractivity contribution is -0.146. The minimum Gasteiger partial charge on any atom is -0.462 e. The predicted molar refractivity (Wildman–Crippen MR) is 127 cm³/mol. The summed E-state index contributed by atoms with van der Waals surface area (Å²) in [5, 5.41) is 2.44. The van der Waals surface area contributed by atoms with Gasteiger partial charge in [0.15, 0.2) is 17.2 Å². The zero-order valence-corrected chi connectivity index (χ0v) is 19.9. The van der Waals surface area contributed by atoms with E-state index in [1.54, 1.807) is 38.1 Å². The molecule has 1 aliphatic carbocycles. The highest BCUT2D eigenvalue weighted by atomic mass is 19.2. The number of ether oxygens (including phenoxy) is 2. The Bertz CT molecular complexity index is 1110.